The molecule has 0 saturated heterocycles. The molecule has 0 saturated carbocycles. The van der Waals surface area contributed by atoms with Crippen molar-refractivity contribution >= 4 is 16.6 Å². The van der Waals surface area contributed by atoms with E-state index in [9.17, 15) is 4.39 Å². The number of pyridine rings is 1. The number of nitrogens with one attached hydrogen (secondary N) is 1. The van der Waals surface area contributed by atoms with Crippen LogP contribution in [0.2, 0.25) is 0 Å². The topological polar surface area (TPSA) is 24.9 Å². The van der Waals surface area contributed by atoms with Crippen molar-refractivity contribution in [3.05, 3.63) is 71.7 Å². The van der Waals surface area contributed by atoms with Gasteiger partial charge in [0.2, 0.25) is 0 Å². The van der Waals surface area contributed by atoms with Crippen molar-refractivity contribution in [1.29, 1.82) is 0 Å². The minimum Gasteiger partial charge on any atom is -0.377 e. The molecule has 3 rings (SSSR count). The molecule has 3 aromatic rings. The second-order valence-electron chi connectivity index (χ2n) is 5.25. The summed E-state index contributed by atoms with van der Waals surface area (Å²) in [5.41, 5.74) is 3.81. The molecular weight excluding hydrogens is 263 g/mol. The molecule has 1 N–H and O–H groups in total. The predicted octanol–water partition coefficient (Wildman–Crippen LogP) is 4.86. The third-order valence-electron chi connectivity index (χ3n) is 3.58. The highest BCUT2D eigenvalue weighted by atomic mass is 19.1. The van der Waals surface area contributed by atoms with Gasteiger partial charge in [-0.3, -0.25) is 4.98 Å². The van der Waals surface area contributed by atoms with Crippen LogP contribution in [0.25, 0.3) is 10.9 Å². The highest BCUT2D eigenvalue weighted by Gasteiger charge is 2.09. The van der Waals surface area contributed by atoms with Gasteiger partial charge in [0.05, 0.1) is 11.2 Å². The van der Waals surface area contributed by atoms with E-state index in [-0.39, 0.29) is 11.9 Å². The standard InChI is InChI=1S/C18H17FN2/c1-12-9-10-14-5-4-8-17(18(14)20-12)21-13(2)15-6-3-7-16(19)11-15/h3-11,13,21H,1-2H3. The van der Waals surface area contributed by atoms with Gasteiger partial charge in [0, 0.05) is 17.1 Å². The number of fused-ring (bicyclic) bond motifs is 1. The average Bonchev–Trinajstić information content (AvgIpc) is 2.48. The van der Waals surface area contributed by atoms with Gasteiger partial charge in [0.15, 0.2) is 0 Å². The van der Waals surface area contributed by atoms with Crippen LogP contribution in [-0.4, -0.2) is 4.98 Å². The Labute approximate surface area is 123 Å². The van der Waals surface area contributed by atoms with Gasteiger partial charge in [0.25, 0.3) is 0 Å². The highest BCUT2D eigenvalue weighted by molar-refractivity contribution is 5.90. The van der Waals surface area contributed by atoms with Crippen LogP contribution < -0.4 is 5.32 Å². The normalized spacial score (nSPS) is 12.3. The lowest BCUT2D eigenvalue weighted by Gasteiger charge is -2.17. The van der Waals surface area contributed by atoms with Crippen molar-refractivity contribution in [2.75, 3.05) is 5.32 Å². The van der Waals surface area contributed by atoms with Crippen LogP contribution in [0.4, 0.5) is 10.1 Å². The Balaban J connectivity index is 1.96. The molecule has 0 fully saturated rings. The smallest absolute Gasteiger partial charge is 0.123 e. The third kappa shape index (κ3) is 2.87. The summed E-state index contributed by atoms with van der Waals surface area (Å²) in [6.07, 6.45) is 0. The minimum atomic E-state index is -0.215. The Morgan fingerprint density at radius 2 is 1.86 bits per heavy atom. The number of aryl methyl sites for hydroxylation is 1. The zero-order chi connectivity index (χ0) is 14.8. The van der Waals surface area contributed by atoms with E-state index in [0.29, 0.717) is 0 Å². The number of rotatable bonds is 3. The van der Waals surface area contributed by atoms with Crippen LogP contribution in [0.1, 0.15) is 24.2 Å². The first-order valence-corrected chi connectivity index (χ1v) is 7.02. The van der Waals surface area contributed by atoms with E-state index in [1.807, 2.05) is 44.2 Å². The zero-order valence-electron chi connectivity index (χ0n) is 12.1. The molecule has 1 atom stereocenters. The zero-order valence-corrected chi connectivity index (χ0v) is 12.1. The quantitative estimate of drug-likeness (QED) is 0.741. The number of para-hydroxylation sites is 1. The number of nitrogens with zero attached hydrogens (tertiary/aromatic N) is 1. The molecule has 0 aliphatic heterocycles. The summed E-state index contributed by atoms with van der Waals surface area (Å²) in [4.78, 5) is 4.60. The monoisotopic (exact) mass is 280 g/mol. The fourth-order valence-electron chi connectivity index (χ4n) is 2.45. The molecule has 106 valence electrons. The van der Waals surface area contributed by atoms with Crippen LogP contribution in [0.5, 0.6) is 0 Å². The van der Waals surface area contributed by atoms with Crippen LogP contribution in [0.3, 0.4) is 0 Å². The van der Waals surface area contributed by atoms with Crippen LogP contribution in [0, 0.1) is 12.7 Å². The first kappa shape index (κ1) is 13.6. The lowest BCUT2D eigenvalue weighted by atomic mass is 10.1. The molecule has 2 aromatic carbocycles. The Bertz CT molecular complexity index is 783. The molecule has 21 heavy (non-hydrogen) atoms. The molecule has 1 heterocycles. The Morgan fingerprint density at radius 1 is 1.05 bits per heavy atom. The van der Waals surface area contributed by atoms with Gasteiger partial charge >= 0.3 is 0 Å². The molecule has 0 aliphatic carbocycles. The van der Waals surface area contributed by atoms with E-state index in [2.05, 4.69) is 16.4 Å². The van der Waals surface area contributed by atoms with E-state index < -0.39 is 0 Å². The third-order valence-corrected chi connectivity index (χ3v) is 3.58. The number of aromatic nitrogens is 1. The maximum Gasteiger partial charge on any atom is 0.123 e. The van der Waals surface area contributed by atoms with E-state index in [4.69, 9.17) is 0 Å². The summed E-state index contributed by atoms with van der Waals surface area (Å²) >= 11 is 0. The number of anilines is 1. The van der Waals surface area contributed by atoms with Crippen molar-refractivity contribution in [3.8, 4) is 0 Å². The van der Waals surface area contributed by atoms with Crippen molar-refractivity contribution in [3.63, 3.8) is 0 Å². The first-order valence-electron chi connectivity index (χ1n) is 7.02. The van der Waals surface area contributed by atoms with E-state index in [1.54, 1.807) is 12.1 Å². The molecule has 1 aromatic heterocycles. The Kier molecular flexibility index (Phi) is 3.57. The highest BCUT2D eigenvalue weighted by Crippen LogP contribution is 2.26. The second-order valence-corrected chi connectivity index (χ2v) is 5.25. The SMILES string of the molecule is Cc1ccc2cccc(NC(C)c3cccc(F)c3)c2n1. The van der Waals surface area contributed by atoms with Crippen molar-refractivity contribution in [2.24, 2.45) is 0 Å². The fraction of sp³-hybridized carbons (Fsp3) is 0.167. The molecule has 0 amide bonds. The Hall–Kier alpha value is -2.42. The van der Waals surface area contributed by atoms with Gasteiger partial charge < -0.3 is 5.32 Å². The second kappa shape index (κ2) is 5.52. The number of halogens is 1. The van der Waals surface area contributed by atoms with E-state index >= 15 is 0 Å². The summed E-state index contributed by atoms with van der Waals surface area (Å²) in [6.45, 7) is 4.00. The average molecular weight is 280 g/mol. The summed E-state index contributed by atoms with van der Waals surface area (Å²) in [5, 5.41) is 4.52. The maximum absolute atomic E-state index is 13.3. The van der Waals surface area contributed by atoms with E-state index in [1.165, 1.54) is 6.07 Å². The van der Waals surface area contributed by atoms with Crippen molar-refractivity contribution in [2.45, 2.75) is 19.9 Å². The molecule has 3 heteroatoms. The van der Waals surface area contributed by atoms with E-state index in [0.717, 1.165) is 27.8 Å². The molecule has 0 radical (unpaired) electrons. The van der Waals surface area contributed by atoms with Gasteiger partial charge in [-0.15, -0.1) is 0 Å². The number of hydrogen-bond acceptors (Lipinski definition) is 2. The van der Waals surface area contributed by atoms with Crippen molar-refractivity contribution in [1.82, 2.24) is 4.98 Å². The van der Waals surface area contributed by atoms with Gasteiger partial charge in [-0.1, -0.05) is 30.3 Å². The predicted molar refractivity (Wildman–Crippen MR) is 84.9 cm³/mol. The van der Waals surface area contributed by atoms with Gasteiger partial charge in [-0.05, 0) is 43.7 Å². The van der Waals surface area contributed by atoms with Gasteiger partial charge in [-0.25, -0.2) is 4.39 Å². The van der Waals surface area contributed by atoms with Gasteiger partial charge in [-0.2, -0.15) is 0 Å². The maximum atomic E-state index is 13.3. The van der Waals surface area contributed by atoms with Crippen LogP contribution in [-0.2, 0) is 0 Å². The van der Waals surface area contributed by atoms with Gasteiger partial charge in [0.1, 0.15) is 5.82 Å². The summed E-state index contributed by atoms with van der Waals surface area (Å²) < 4.78 is 13.3. The van der Waals surface area contributed by atoms with Crippen LogP contribution >= 0.6 is 0 Å². The molecule has 2 nitrogen and oxygen atoms in total. The minimum absolute atomic E-state index is 0.00797. The lowest BCUT2D eigenvalue weighted by Crippen LogP contribution is -2.07. The fourth-order valence-corrected chi connectivity index (χ4v) is 2.45. The first-order chi connectivity index (χ1) is 10.1. The number of hydrogen-bond donors (Lipinski definition) is 1. The molecule has 0 bridgehead atoms. The molecule has 0 spiro atoms. The largest absolute Gasteiger partial charge is 0.377 e. The molecule has 1 unspecified atom stereocenters. The van der Waals surface area contributed by atoms with Crippen LogP contribution in [0.15, 0.2) is 54.6 Å². The Morgan fingerprint density at radius 3 is 2.67 bits per heavy atom. The molecular formula is C18H17FN2. The number of benzene rings is 2. The summed E-state index contributed by atoms with van der Waals surface area (Å²) in [6, 6.07) is 16.8. The summed E-state index contributed by atoms with van der Waals surface area (Å²) in [7, 11) is 0. The lowest BCUT2D eigenvalue weighted by molar-refractivity contribution is 0.623. The van der Waals surface area contributed by atoms with Crippen molar-refractivity contribution < 1.29 is 4.39 Å². The summed E-state index contributed by atoms with van der Waals surface area (Å²) in [5.74, 6) is -0.215. The molecule has 0 aliphatic rings.